The second-order valence-electron chi connectivity index (χ2n) is 0.442. The van der Waals surface area contributed by atoms with Crippen molar-refractivity contribution in [2.45, 2.75) is 0 Å². The van der Waals surface area contributed by atoms with Gasteiger partial charge < -0.3 is 0 Å². The van der Waals surface area contributed by atoms with Gasteiger partial charge in [-0.05, 0) is 0 Å². The van der Waals surface area contributed by atoms with Crippen LogP contribution in [0.3, 0.4) is 0 Å². The van der Waals surface area contributed by atoms with Gasteiger partial charge in [0.05, 0.1) is 0 Å². The van der Waals surface area contributed by atoms with Crippen molar-refractivity contribution in [3.63, 3.8) is 0 Å². The summed E-state index contributed by atoms with van der Waals surface area (Å²) < 4.78 is 1.63. The zero-order valence-corrected chi connectivity index (χ0v) is 6.55. The van der Waals surface area contributed by atoms with Crippen LogP contribution in [0, 0.1) is 0 Å². The van der Waals surface area contributed by atoms with E-state index < -0.39 is 17.9 Å². The van der Waals surface area contributed by atoms with E-state index in [0.29, 0.717) is 0 Å². The zero-order valence-electron chi connectivity index (χ0n) is 2.49. The van der Waals surface area contributed by atoms with Gasteiger partial charge in [0.1, 0.15) is 0 Å². The van der Waals surface area contributed by atoms with Crippen LogP contribution >= 0.6 is 17.7 Å². The molecule has 0 aliphatic carbocycles. The summed E-state index contributed by atoms with van der Waals surface area (Å²) in [6.45, 7) is 3.38. The van der Waals surface area contributed by atoms with Crippen LogP contribution in [-0.4, -0.2) is 17.9 Å². The third kappa shape index (κ3) is 5.14. The third-order valence-corrected chi connectivity index (χ3v) is 2.78. The van der Waals surface area contributed by atoms with Crippen molar-refractivity contribution < 1.29 is 0 Å². The maximum atomic E-state index is 5.29. The Morgan fingerprint density at radius 3 is 1.80 bits per heavy atom. The maximum absolute atomic E-state index is 5.29. The van der Waals surface area contributed by atoms with Crippen molar-refractivity contribution in [1.29, 1.82) is 0 Å². The van der Waals surface area contributed by atoms with Gasteiger partial charge in [0.2, 0.25) is 0 Å². The zero-order chi connectivity index (χ0) is 4.28. The Balaban J connectivity index is 2.83. The summed E-state index contributed by atoms with van der Waals surface area (Å²) in [6, 6.07) is 0. The summed E-state index contributed by atoms with van der Waals surface area (Å²) in [5.74, 6) is 0. The van der Waals surface area contributed by atoms with Crippen LogP contribution in [0.2, 0.25) is 0 Å². The van der Waals surface area contributed by atoms with E-state index in [4.69, 9.17) is 17.7 Å². The molecular formula is C2H3Cl2Sb. The monoisotopic (exact) mass is 218 g/mol. The molecule has 0 aromatic heterocycles. The fraction of sp³-hybridized carbons (Fsp3) is 0. The van der Waals surface area contributed by atoms with Crippen molar-refractivity contribution in [3.8, 4) is 0 Å². The molecule has 0 N–H and O–H groups in total. The van der Waals surface area contributed by atoms with Crippen molar-refractivity contribution in [2.24, 2.45) is 0 Å². The molecule has 30 valence electrons. The molecule has 0 radical (unpaired) electrons. The molecule has 0 aliphatic rings. The minimum absolute atomic E-state index is 1.63. The fourth-order valence-corrected chi connectivity index (χ4v) is 0. The Hall–Kier alpha value is 1.14. The second-order valence-corrected chi connectivity index (χ2v) is 9.01. The van der Waals surface area contributed by atoms with Gasteiger partial charge in [0, 0.05) is 0 Å². The summed E-state index contributed by atoms with van der Waals surface area (Å²) in [5.41, 5.74) is 0. The molecule has 0 bridgehead atoms. The van der Waals surface area contributed by atoms with E-state index in [0.717, 1.165) is 0 Å². The van der Waals surface area contributed by atoms with Crippen LogP contribution < -0.4 is 0 Å². The van der Waals surface area contributed by atoms with Crippen LogP contribution in [0.15, 0.2) is 10.6 Å². The summed E-state index contributed by atoms with van der Waals surface area (Å²) in [7, 11) is 10.6. The molecule has 0 aromatic rings. The first-order valence-corrected chi connectivity index (χ1v) is 8.94. The molecule has 0 spiro atoms. The first-order chi connectivity index (χ1) is 2.27. The predicted molar refractivity (Wildman–Crippen MR) is 27.7 cm³/mol. The van der Waals surface area contributed by atoms with E-state index in [1.807, 2.05) is 0 Å². The molecule has 0 atom stereocenters. The second kappa shape index (κ2) is 3.33. The van der Waals surface area contributed by atoms with Crippen molar-refractivity contribution >= 4 is 35.6 Å². The molecular weight excluding hydrogens is 217 g/mol. The summed E-state index contributed by atoms with van der Waals surface area (Å²) in [6.07, 6.45) is 0. The summed E-state index contributed by atoms with van der Waals surface area (Å²) >= 11 is -1.77. The molecule has 0 nitrogen and oxygen atoms in total. The topological polar surface area (TPSA) is 0 Å². The predicted octanol–water partition coefficient (Wildman–Crippen LogP) is 1.68. The van der Waals surface area contributed by atoms with Crippen LogP contribution in [0.25, 0.3) is 0 Å². The van der Waals surface area contributed by atoms with E-state index >= 15 is 0 Å². The average molecular weight is 220 g/mol. The first kappa shape index (κ1) is 6.14. The molecule has 0 rings (SSSR count). The molecule has 0 saturated heterocycles. The molecule has 0 fully saturated rings. The van der Waals surface area contributed by atoms with Crippen molar-refractivity contribution in [1.82, 2.24) is 0 Å². The van der Waals surface area contributed by atoms with Gasteiger partial charge >= 0.3 is 46.2 Å². The molecule has 0 saturated carbocycles. The minimum atomic E-state index is -1.77. The number of hydrogen-bond donors (Lipinski definition) is 0. The Labute approximate surface area is 46.1 Å². The Morgan fingerprint density at radius 2 is 1.80 bits per heavy atom. The molecule has 3 heteroatoms. The normalized spacial score (nSPS) is 8.60. The Kier molecular flexibility index (Phi) is 4.09. The molecule has 5 heavy (non-hydrogen) atoms. The van der Waals surface area contributed by atoms with Crippen molar-refractivity contribution in [2.75, 3.05) is 0 Å². The number of halogens is 2. The summed E-state index contributed by atoms with van der Waals surface area (Å²) in [4.78, 5) is 0. The van der Waals surface area contributed by atoms with Gasteiger partial charge in [0.25, 0.3) is 0 Å². The van der Waals surface area contributed by atoms with E-state index in [-0.39, 0.29) is 0 Å². The van der Waals surface area contributed by atoms with Gasteiger partial charge in [-0.25, -0.2) is 0 Å². The van der Waals surface area contributed by atoms with E-state index in [2.05, 4.69) is 6.58 Å². The standard InChI is InChI=1S/C2H3.2ClH.Sb/c1-2;;;/h1H,2H2;2*1H;/q;;;+2/p-2. The van der Waals surface area contributed by atoms with Gasteiger partial charge in [-0.2, -0.15) is 0 Å². The van der Waals surface area contributed by atoms with Gasteiger partial charge in [-0.1, -0.05) is 0 Å². The Bertz CT molecular complexity index is 34.6. The van der Waals surface area contributed by atoms with Gasteiger partial charge in [-0.15, -0.1) is 0 Å². The van der Waals surface area contributed by atoms with Crippen LogP contribution in [0.5, 0.6) is 0 Å². The van der Waals surface area contributed by atoms with Gasteiger partial charge in [0.15, 0.2) is 0 Å². The van der Waals surface area contributed by atoms with Crippen molar-refractivity contribution in [3.05, 3.63) is 10.6 Å². The van der Waals surface area contributed by atoms with Crippen LogP contribution in [-0.2, 0) is 0 Å². The Morgan fingerprint density at radius 1 is 1.60 bits per heavy atom. The average Bonchev–Trinajstić information content (AvgIpc) is 1.38. The molecule has 0 heterocycles. The van der Waals surface area contributed by atoms with E-state index in [1.54, 1.807) is 4.02 Å². The number of rotatable bonds is 1. The molecule has 0 aromatic carbocycles. The number of hydrogen-bond acceptors (Lipinski definition) is 0. The van der Waals surface area contributed by atoms with Gasteiger partial charge in [-0.3, -0.25) is 0 Å². The molecule has 0 unspecified atom stereocenters. The molecule has 0 amide bonds. The third-order valence-electron chi connectivity index (χ3n) is 0.138. The SMILES string of the molecule is C=[CH][Sb]([Cl])[Cl]. The van der Waals surface area contributed by atoms with Crippen LogP contribution in [0.1, 0.15) is 0 Å². The van der Waals surface area contributed by atoms with E-state index in [1.165, 1.54) is 0 Å². The summed E-state index contributed by atoms with van der Waals surface area (Å²) in [5, 5.41) is 0. The quantitative estimate of drug-likeness (QED) is 0.589. The van der Waals surface area contributed by atoms with Crippen LogP contribution in [0.4, 0.5) is 0 Å². The van der Waals surface area contributed by atoms with E-state index in [9.17, 15) is 0 Å². The molecule has 0 aliphatic heterocycles. The first-order valence-electron chi connectivity index (χ1n) is 1.00. The fourth-order valence-electron chi connectivity index (χ4n) is 0.